The zero-order valence-corrected chi connectivity index (χ0v) is 9.73. The molecule has 0 atom stereocenters. The topological polar surface area (TPSA) is 26.0 Å². The van der Waals surface area contributed by atoms with E-state index >= 15 is 0 Å². The summed E-state index contributed by atoms with van der Waals surface area (Å²) < 4.78 is 28.2. The van der Waals surface area contributed by atoms with Gasteiger partial charge >= 0.3 is 0 Å². The lowest BCUT2D eigenvalue weighted by Crippen LogP contribution is -2.30. The van der Waals surface area contributed by atoms with E-state index in [1.165, 1.54) is 12.1 Å². The van der Waals surface area contributed by atoms with Crippen molar-refractivity contribution >= 4 is 15.9 Å². The van der Waals surface area contributed by atoms with Crippen molar-refractivity contribution in [1.82, 2.24) is 0 Å². The Balaban J connectivity index is 2.20. The van der Waals surface area contributed by atoms with E-state index in [0.717, 1.165) is 0 Å². The van der Waals surface area contributed by atoms with Crippen LogP contribution in [0.5, 0.6) is 0 Å². The number of rotatable bonds is 3. The Labute approximate surface area is 95.8 Å². The van der Waals surface area contributed by atoms with Crippen LogP contribution < -0.4 is 5.73 Å². The number of halogens is 3. The number of hydrogen-bond acceptors (Lipinski definition) is 1. The van der Waals surface area contributed by atoms with E-state index in [-0.39, 0.29) is 12.0 Å². The van der Waals surface area contributed by atoms with Gasteiger partial charge in [0.1, 0.15) is 0 Å². The summed E-state index contributed by atoms with van der Waals surface area (Å²) in [4.78, 5) is 0. The molecule has 0 heterocycles. The molecule has 82 valence electrons. The first-order valence-corrected chi connectivity index (χ1v) is 5.63. The van der Waals surface area contributed by atoms with Crippen molar-refractivity contribution < 1.29 is 8.78 Å². The molecule has 1 aromatic rings. The molecule has 1 aromatic carbocycles. The zero-order chi connectivity index (χ0) is 11.1. The lowest BCUT2D eigenvalue weighted by Gasteiger charge is -2.20. The van der Waals surface area contributed by atoms with E-state index in [4.69, 9.17) is 5.73 Å². The summed E-state index contributed by atoms with van der Waals surface area (Å²) in [6.45, 7) is 0. The zero-order valence-electron chi connectivity index (χ0n) is 8.14. The minimum atomic E-state index is -2.82. The number of hydrogen-bond donors (Lipinski definition) is 1. The average molecular weight is 276 g/mol. The Morgan fingerprint density at radius 1 is 1.40 bits per heavy atom. The highest BCUT2D eigenvalue weighted by atomic mass is 79.9. The summed E-state index contributed by atoms with van der Waals surface area (Å²) >= 11 is 3.19. The van der Waals surface area contributed by atoms with Gasteiger partial charge in [0.25, 0.3) is 5.92 Å². The van der Waals surface area contributed by atoms with Crippen LogP contribution in [0.3, 0.4) is 0 Å². The van der Waals surface area contributed by atoms with Crippen molar-refractivity contribution in [3.8, 4) is 0 Å². The summed E-state index contributed by atoms with van der Waals surface area (Å²) in [6, 6.07) is 6.24. The van der Waals surface area contributed by atoms with Crippen LogP contribution in [0.4, 0.5) is 8.78 Å². The van der Waals surface area contributed by atoms with E-state index in [1.807, 2.05) is 0 Å². The van der Waals surface area contributed by atoms with Crippen molar-refractivity contribution in [2.24, 2.45) is 5.73 Å². The number of nitrogens with two attached hydrogens (primary N) is 1. The predicted molar refractivity (Wildman–Crippen MR) is 58.8 cm³/mol. The normalized spacial score (nSPS) is 18.9. The van der Waals surface area contributed by atoms with Crippen molar-refractivity contribution in [2.45, 2.75) is 30.7 Å². The van der Waals surface area contributed by atoms with Gasteiger partial charge in [0.2, 0.25) is 0 Å². The fourth-order valence-electron chi connectivity index (χ4n) is 1.60. The number of benzene rings is 1. The Morgan fingerprint density at radius 2 is 2.07 bits per heavy atom. The molecule has 1 aliphatic rings. The molecule has 15 heavy (non-hydrogen) atoms. The summed E-state index contributed by atoms with van der Waals surface area (Å²) in [5.41, 5.74) is 5.12. The maximum Gasteiger partial charge on any atom is 0.275 e. The summed E-state index contributed by atoms with van der Waals surface area (Å²) in [6.07, 6.45) is 1.16. The first-order chi connectivity index (χ1) is 6.91. The monoisotopic (exact) mass is 275 g/mol. The van der Waals surface area contributed by atoms with E-state index in [1.54, 1.807) is 12.1 Å². The van der Waals surface area contributed by atoms with Gasteiger partial charge < -0.3 is 5.73 Å². The van der Waals surface area contributed by atoms with Crippen LogP contribution in [0.2, 0.25) is 0 Å². The van der Waals surface area contributed by atoms with Crippen molar-refractivity contribution in [2.75, 3.05) is 0 Å². The van der Waals surface area contributed by atoms with E-state index in [2.05, 4.69) is 15.9 Å². The Kier molecular flexibility index (Phi) is 2.59. The molecule has 0 bridgehead atoms. The minimum absolute atomic E-state index is 0.0357. The van der Waals surface area contributed by atoms with Gasteiger partial charge in [-0.3, -0.25) is 0 Å². The largest absolute Gasteiger partial charge is 0.325 e. The Bertz CT molecular complexity index is 375. The van der Waals surface area contributed by atoms with Gasteiger partial charge in [-0.1, -0.05) is 28.1 Å². The SMILES string of the molecule is NC1(CC(F)(F)c2cccc(Br)c2)CC1. The number of alkyl halides is 2. The quantitative estimate of drug-likeness (QED) is 0.899. The minimum Gasteiger partial charge on any atom is -0.325 e. The highest BCUT2D eigenvalue weighted by Crippen LogP contribution is 2.45. The second-order valence-corrected chi connectivity index (χ2v) is 5.17. The van der Waals surface area contributed by atoms with Gasteiger partial charge in [-0.05, 0) is 25.0 Å². The molecule has 0 aromatic heterocycles. The third-order valence-electron chi connectivity index (χ3n) is 2.71. The van der Waals surface area contributed by atoms with Gasteiger partial charge in [-0.15, -0.1) is 0 Å². The summed E-state index contributed by atoms with van der Waals surface area (Å²) in [5, 5.41) is 0. The lowest BCUT2D eigenvalue weighted by molar-refractivity contribution is -0.0224. The van der Waals surface area contributed by atoms with Crippen molar-refractivity contribution in [3.05, 3.63) is 34.3 Å². The molecular weight excluding hydrogens is 264 g/mol. The van der Waals surface area contributed by atoms with E-state index < -0.39 is 11.5 Å². The van der Waals surface area contributed by atoms with Crippen LogP contribution in [0.25, 0.3) is 0 Å². The molecule has 0 saturated heterocycles. The maximum atomic E-state index is 13.8. The maximum absolute atomic E-state index is 13.8. The molecule has 0 amide bonds. The molecule has 1 fully saturated rings. The molecule has 0 unspecified atom stereocenters. The summed E-state index contributed by atoms with van der Waals surface area (Å²) in [5.74, 6) is -2.82. The molecule has 1 aliphatic carbocycles. The molecule has 1 nitrogen and oxygen atoms in total. The lowest BCUT2D eigenvalue weighted by atomic mass is 10.00. The molecular formula is C11H12BrF2N. The molecule has 4 heteroatoms. The smallest absolute Gasteiger partial charge is 0.275 e. The fourth-order valence-corrected chi connectivity index (χ4v) is 2.00. The van der Waals surface area contributed by atoms with Gasteiger partial charge in [0.05, 0.1) is 0 Å². The molecule has 2 rings (SSSR count). The molecule has 0 aliphatic heterocycles. The van der Waals surface area contributed by atoms with Gasteiger partial charge in [0.15, 0.2) is 0 Å². The van der Waals surface area contributed by atoms with E-state index in [9.17, 15) is 8.78 Å². The Morgan fingerprint density at radius 3 is 2.60 bits per heavy atom. The third-order valence-corrected chi connectivity index (χ3v) is 3.21. The van der Waals surface area contributed by atoms with E-state index in [0.29, 0.717) is 17.3 Å². The summed E-state index contributed by atoms with van der Waals surface area (Å²) in [7, 11) is 0. The van der Waals surface area contributed by atoms with Crippen LogP contribution in [0.1, 0.15) is 24.8 Å². The van der Waals surface area contributed by atoms with Crippen LogP contribution in [0.15, 0.2) is 28.7 Å². The molecule has 2 N–H and O–H groups in total. The molecule has 1 saturated carbocycles. The van der Waals surface area contributed by atoms with Crippen molar-refractivity contribution in [1.29, 1.82) is 0 Å². The molecule has 0 radical (unpaired) electrons. The fraction of sp³-hybridized carbons (Fsp3) is 0.455. The van der Waals surface area contributed by atoms with Gasteiger partial charge in [0, 0.05) is 22.0 Å². The van der Waals surface area contributed by atoms with Crippen LogP contribution in [0, 0.1) is 0 Å². The highest BCUT2D eigenvalue weighted by Gasteiger charge is 2.48. The molecule has 0 spiro atoms. The predicted octanol–water partition coefficient (Wildman–Crippen LogP) is 3.42. The van der Waals surface area contributed by atoms with Crippen LogP contribution >= 0.6 is 15.9 Å². The first-order valence-electron chi connectivity index (χ1n) is 4.84. The third kappa shape index (κ3) is 2.55. The average Bonchev–Trinajstić information content (AvgIpc) is 2.82. The van der Waals surface area contributed by atoms with Gasteiger partial charge in [-0.2, -0.15) is 0 Å². The van der Waals surface area contributed by atoms with Crippen molar-refractivity contribution in [3.63, 3.8) is 0 Å². The highest BCUT2D eigenvalue weighted by molar-refractivity contribution is 9.10. The van der Waals surface area contributed by atoms with Gasteiger partial charge in [-0.25, -0.2) is 8.78 Å². The van der Waals surface area contributed by atoms with Crippen LogP contribution in [-0.2, 0) is 5.92 Å². The standard InChI is InChI=1S/C11H12BrF2N/c12-9-3-1-2-8(6-9)11(13,14)7-10(15)4-5-10/h1-3,6H,4-5,7,15H2. The second-order valence-electron chi connectivity index (χ2n) is 4.25. The first kappa shape index (κ1) is 11.0. The Hall–Kier alpha value is -0.480. The second kappa shape index (κ2) is 3.52. The van der Waals surface area contributed by atoms with Crippen LogP contribution in [-0.4, -0.2) is 5.54 Å².